The highest BCUT2D eigenvalue weighted by atomic mass is 32.2. The van der Waals surface area contributed by atoms with Gasteiger partial charge < -0.3 is 13.9 Å². The molecule has 168 valence electrons. The lowest BCUT2D eigenvalue weighted by atomic mass is 9.92. The number of carbonyl (C=O) groups excluding carboxylic acids is 2. The predicted molar refractivity (Wildman–Crippen MR) is 121 cm³/mol. The Balaban J connectivity index is 1.77. The van der Waals surface area contributed by atoms with Gasteiger partial charge >= 0.3 is 5.97 Å². The van der Waals surface area contributed by atoms with Crippen LogP contribution in [0.1, 0.15) is 47.0 Å². The first-order chi connectivity index (χ1) is 14.0. The summed E-state index contributed by atoms with van der Waals surface area (Å²) in [4.78, 5) is 28.4. The third kappa shape index (κ3) is 4.42. The van der Waals surface area contributed by atoms with Crippen molar-refractivity contribution in [2.24, 2.45) is 5.92 Å². The molecule has 0 aromatic heterocycles. The zero-order valence-corrected chi connectivity index (χ0v) is 20.8. The first-order valence-corrected chi connectivity index (χ1v) is 14.6. The molecule has 3 heterocycles. The minimum atomic E-state index is -2.01. The van der Waals surface area contributed by atoms with Crippen molar-refractivity contribution in [2.75, 3.05) is 13.2 Å². The molecule has 0 radical (unpaired) electrons. The second-order valence-electron chi connectivity index (χ2n) is 9.82. The number of rotatable bonds is 8. The number of hydrogen-bond donors (Lipinski definition) is 0. The lowest BCUT2D eigenvalue weighted by molar-refractivity contribution is -0.157. The molecular weight excluding hydrogens is 418 g/mol. The van der Waals surface area contributed by atoms with Crippen LogP contribution in [-0.4, -0.2) is 55.9 Å². The lowest BCUT2D eigenvalue weighted by Gasteiger charge is -2.48. The molecule has 0 bridgehead atoms. The molecule has 3 aliphatic rings. The van der Waals surface area contributed by atoms with E-state index in [0.29, 0.717) is 12.1 Å². The molecule has 0 aliphatic carbocycles. The van der Waals surface area contributed by atoms with Crippen LogP contribution in [-0.2, 0) is 23.5 Å². The Morgan fingerprint density at radius 3 is 2.70 bits per heavy atom. The van der Waals surface area contributed by atoms with Gasteiger partial charge in [0.25, 0.3) is 0 Å². The Bertz CT molecular complexity index is 738. The van der Waals surface area contributed by atoms with Crippen LogP contribution in [0.5, 0.6) is 0 Å². The molecule has 0 aromatic carbocycles. The third-order valence-corrected chi connectivity index (χ3v) is 12.6. The van der Waals surface area contributed by atoms with Gasteiger partial charge in [0, 0.05) is 17.9 Å². The van der Waals surface area contributed by atoms with Gasteiger partial charge in [0.2, 0.25) is 5.91 Å². The van der Waals surface area contributed by atoms with E-state index in [9.17, 15) is 9.59 Å². The number of amides is 1. The van der Waals surface area contributed by atoms with Crippen molar-refractivity contribution < 1.29 is 23.5 Å². The molecule has 0 spiro atoms. The summed E-state index contributed by atoms with van der Waals surface area (Å²) in [6.45, 7) is 17.5. The molecular formula is C22H35NO5SSi. The molecule has 4 atom stereocenters. The van der Waals surface area contributed by atoms with Crippen LogP contribution in [0.25, 0.3) is 0 Å². The summed E-state index contributed by atoms with van der Waals surface area (Å²) in [5.74, 6) is -0.761. The smallest absolute Gasteiger partial charge is 0.356 e. The van der Waals surface area contributed by atoms with Gasteiger partial charge in [-0.25, -0.2) is 4.79 Å². The summed E-state index contributed by atoms with van der Waals surface area (Å²) >= 11 is 1.60. The highest BCUT2D eigenvalue weighted by Gasteiger charge is 2.59. The molecule has 6 nitrogen and oxygen atoms in total. The average Bonchev–Trinajstić information content (AvgIpc) is 3.24. The van der Waals surface area contributed by atoms with E-state index in [1.807, 2.05) is 6.92 Å². The molecule has 0 saturated carbocycles. The molecule has 0 aromatic rings. The monoisotopic (exact) mass is 453 g/mol. The predicted octanol–water partition coefficient (Wildman–Crippen LogP) is 4.44. The van der Waals surface area contributed by atoms with E-state index in [0.717, 1.165) is 24.4 Å². The second-order valence-corrected chi connectivity index (χ2v) is 15.8. The van der Waals surface area contributed by atoms with Crippen LogP contribution in [0.2, 0.25) is 18.1 Å². The maximum atomic E-state index is 13.1. The summed E-state index contributed by atoms with van der Waals surface area (Å²) in [7, 11) is -2.01. The van der Waals surface area contributed by atoms with Crippen molar-refractivity contribution >= 4 is 32.0 Å². The summed E-state index contributed by atoms with van der Waals surface area (Å²) in [6.07, 6.45) is 4.10. The number of carbonyl (C=O) groups is 2. The number of β-lactam (4-membered cyclic amide) rings is 1. The quantitative estimate of drug-likeness (QED) is 0.234. The number of hydrogen-bond acceptors (Lipinski definition) is 6. The van der Waals surface area contributed by atoms with Gasteiger partial charge in [-0.15, -0.1) is 11.8 Å². The molecule has 1 amide bonds. The van der Waals surface area contributed by atoms with E-state index in [4.69, 9.17) is 13.9 Å². The molecule has 0 N–H and O–H groups in total. The number of thioether (sulfide) groups is 1. The van der Waals surface area contributed by atoms with E-state index >= 15 is 0 Å². The zero-order valence-electron chi connectivity index (χ0n) is 19.0. The summed E-state index contributed by atoms with van der Waals surface area (Å²) in [5, 5.41) is -0.0423. The van der Waals surface area contributed by atoms with Crippen molar-refractivity contribution in [1.29, 1.82) is 0 Å². The molecule has 3 aliphatic heterocycles. The number of nitrogens with zero attached hydrogens (tertiary/aromatic N) is 1. The van der Waals surface area contributed by atoms with Gasteiger partial charge in [-0.1, -0.05) is 33.4 Å². The van der Waals surface area contributed by atoms with E-state index in [1.165, 1.54) is 6.08 Å². The second kappa shape index (κ2) is 8.80. The van der Waals surface area contributed by atoms with E-state index < -0.39 is 14.3 Å². The van der Waals surface area contributed by atoms with Crippen LogP contribution >= 0.6 is 11.8 Å². The van der Waals surface area contributed by atoms with Gasteiger partial charge in [-0.05, 0) is 37.9 Å². The summed E-state index contributed by atoms with van der Waals surface area (Å²) in [5.41, 5.74) is 0.392. The minimum absolute atomic E-state index is 0.0494. The average molecular weight is 454 g/mol. The maximum absolute atomic E-state index is 13.1. The third-order valence-electron chi connectivity index (χ3n) is 6.61. The maximum Gasteiger partial charge on any atom is 0.356 e. The highest BCUT2D eigenvalue weighted by Crippen LogP contribution is 2.53. The standard InChI is InChI=1S/C22H35NO5SSi/c1-8-11-27-21(25)18-16(13-15-10-9-12-26-15)29-20-17(19(24)23(18)20)14(2)28-30(6,7)22(3,4)5/h8,14-15,17,20H,1,9-13H2,2-7H3/t14-,15-,17+,20-/m1/s1. The Hall–Kier alpha value is -1.09. The first-order valence-electron chi connectivity index (χ1n) is 10.8. The Kier molecular flexibility index (Phi) is 6.92. The van der Waals surface area contributed by atoms with Crippen LogP contribution in [0.4, 0.5) is 0 Å². The van der Waals surface area contributed by atoms with E-state index in [-0.39, 0.29) is 41.1 Å². The fraction of sp³-hybridized carbons (Fsp3) is 0.727. The topological polar surface area (TPSA) is 65.1 Å². The van der Waals surface area contributed by atoms with Gasteiger partial charge in [0.1, 0.15) is 17.7 Å². The lowest BCUT2D eigenvalue weighted by Crippen LogP contribution is -2.62. The summed E-state index contributed by atoms with van der Waals surface area (Å²) in [6, 6.07) is 0. The molecule has 3 rings (SSSR count). The zero-order chi connectivity index (χ0) is 22.3. The van der Waals surface area contributed by atoms with Crippen LogP contribution in [0.15, 0.2) is 23.3 Å². The first kappa shape index (κ1) is 23.6. The molecule has 30 heavy (non-hydrogen) atoms. The van der Waals surface area contributed by atoms with Gasteiger partial charge in [-0.3, -0.25) is 9.69 Å². The molecule has 2 saturated heterocycles. The Labute approximate surface area is 185 Å². The Morgan fingerprint density at radius 2 is 2.13 bits per heavy atom. The van der Waals surface area contributed by atoms with Crippen molar-refractivity contribution in [1.82, 2.24) is 4.90 Å². The molecule has 8 heteroatoms. The van der Waals surface area contributed by atoms with Crippen LogP contribution in [0, 0.1) is 5.92 Å². The van der Waals surface area contributed by atoms with Crippen molar-refractivity contribution in [3.63, 3.8) is 0 Å². The van der Waals surface area contributed by atoms with Gasteiger partial charge in [-0.2, -0.15) is 0 Å². The summed E-state index contributed by atoms with van der Waals surface area (Å²) < 4.78 is 17.6. The Morgan fingerprint density at radius 1 is 1.43 bits per heavy atom. The molecule has 2 fully saturated rings. The normalized spacial score (nSPS) is 27.7. The van der Waals surface area contributed by atoms with Crippen molar-refractivity contribution in [2.45, 2.75) is 82.7 Å². The van der Waals surface area contributed by atoms with Crippen molar-refractivity contribution in [3.05, 3.63) is 23.3 Å². The fourth-order valence-electron chi connectivity index (χ4n) is 3.91. The van der Waals surface area contributed by atoms with E-state index in [2.05, 4.69) is 40.4 Å². The van der Waals surface area contributed by atoms with E-state index in [1.54, 1.807) is 16.7 Å². The number of fused-ring (bicyclic) bond motifs is 1. The van der Waals surface area contributed by atoms with Crippen LogP contribution < -0.4 is 0 Å². The van der Waals surface area contributed by atoms with Crippen LogP contribution in [0.3, 0.4) is 0 Å². The fourth-order valence-corrected chi connectivity index (χ4v) is 7.00. The SMILES string of the molecule is C=CCOC(=O)C1=C(C[C@H]2CCCO2)S[C@@H]2[C@@H]([C@@H](C)O[Si](C)(C)C(C)(C)C)C(=O)N12. The number of esters is 1. The van der Waals surface area contributed by atoms with Gasteiger partial charge in [0.05, 0.1) is 18.1 Å². The van der Waals surface area contributed by atoms with Gasteiger partial charge in [0.15, 0.2) is 8.32 Å². The van der Waals surface area contributed by atoms with Crippen molar-refractivity contribution in [3.8, 4) is 0 Å². The molecule has 0 unspecified atom stereocenters. The highest BCUT2D eigenvalue weighted by molar-refractivity contribution is 8.04. The largest absolute Gasteiger partial charge is 0.457 e. The number of ether oxygens (including phenoxy) is 2. The minimum Gasteiger partial charge on any atom is -0.457 e.